The van der Waals surface area contributed by atoms with E-state index in [1.165, 1.54) is 24.0 Å². The van der Waals surface area contributed by atoms with E-state index >= 15 is 0 Å². The fraction of sp³-hybridized carbons (Fsp3) is 0.350. The van der Waals surface area contributed by atoms with Crippen LogP contribution in [0.1, 0.15) is 24.0 Å². The number of nitrogens with one attached hydrogen (secondary N) is 2. The predicted octanol–water partition coefficient (Wildman–Crippen LogP) is 3.77. The minimum Gasteiger partial charge on any atom is -0.495 e. The summed E-state index contributed by atoms with van der Waals surface area (Å²) in [4.78, 5) is 12.0. The smallest absolute Gasteiger partial charge is 0.319 e. The highest BCUT2D eigenvalue weighted by Gasteiger charge is 2.13. The summed E-state index contributed by atoms with van der Waals surface area (Å²) in [5.74, 6) is 1.58. The maximum atomic E-state index is 12.0. The van der Waals surface area contributed by atoms with Crippen molar-refractivity contribution in [3.8, 4) is 11.5 Å². The van der Waals surface area contributed by atoms with Crippen molar-refractivity contribution in [1.29, 1.82) is 0 Å². The highest BCUT2D eigenvalue weighted by molar-refractivity contribution is 5.90. The Hall–Kier alpha value is -2.69. The van der Waals surface area contributed by atoms with Gasteiger partial charge in [0, 0.05) is 0 Å². The molecular formula is C20H24N2O3. The Bertz CT molecular complexity index is 731. The molecule has 0 fully saturated rings. The number of fused-ring (bicyclic) bond motifs is 1. The second-order valence-corrected chi connectivity index (χ2v) is 6.03. The number of para-hydroxylation sites is 2. The van der Waals surface area contributed by atoms with Crippen molar-refractivity contribution in [2.24, 2.45) is 0 Å². The third-order valence-corrected chi connectivity index (χ3v) is 4.35. The molecule has 5 nitrogen and oxygen atoms in total. The molecule has 3 rings (SSSR count). The van der Waals surface area contributed by atoms with Crippen LogP contribution < -0.4 is 20.1 Å². The van der Waals surface area contributed by atoms with Gasteiger partial charge in [-0.3, -0.25) is 0 Å². The van der Waals surface area contributed by atoms with E-state index in [-0.39, 0.29) is 6.03 Å². The van der Waals surface area contributed by atoms with E-state index in [0.29, 0.717) is 24.6 Å². The van der Waals surface area contributed by atoms with Crippen LogP contribution in [0.15, 0.2) is 42.5 Å². The number of aryl methyl sites for hydroxylation is 1. The lowest BCUT2D eigenvalue weighted by atomic mass is 9.91. The first kappa shape index (κ1) is 17.1. The highest BCUT2D eigenvalue weighted by atomic mass is 16.5. The summed E-state index contributed by atoms with van der Waals surface area (Å²) in [6.45, 7) is 0.875. The summed E-state index contributed by atoms with van der Waals surface area (Å²) >= 11 is 0. The Morgan fingerprint density at radius 1 is 1.04 bits per heavy atom. The summed E-state index contributed by atoms with van der Waals surface area (Å²) < 4.78 is 11.1. The van der Waals surface area contributed by atoms with Crippen molar-refractivity contribution in [1.82, 2.24) is 5.32 Å². The summed E-state index contributed by atoms with van der Waals surface area (Å²) in [6.07, 6.45) is 4.67. The van der Waals surface area contributed by atoms with Gasteiger partial charge in [-0.1, -0.05) is 24.3 Å². The van der Waals surface area contributed by atoms with Gasteiger partial charge < -0.3 is 20.1 Å². The largest absolute Gasteiger partial charge is 0.495 e. The van der Waals surface area contributed by atoms with Crippen molar-refractivity contribution in [2.75, 3.05) is 25.6 Å². The highest BCUT2D eigenvalue weighted by Crippen LogP contribution is 2.29. The number of benzene rings is 2. The zero-order valence-electron chi connectivity index (χ0n) is 14.5. The van der Waals surface area contributed by atoms with Crippen molar-refractivity contribution < 1.29 is 14.3 Å². The molecule has 2 aromatic rings. The Balaban J connectivity index is 1.46. The number of hydrogen-bond donors (Lipinski definition) is 2. The zero-order chi connectivity index (χ0) is 17.5. The number of hydrogen-bond acceptors (Lipinski definition) is 3. The van der Waals surface area contributed by atoms with Gasteiger partial charge >= 0.3 is 6.03 Å². The van der Waals surface area contributed by atoms with Gasteiger partial charge in [-0.05, 0) is 55.0 Å². The van der Waals surface area contributed by atoms with Gasteiger partial charge in [0.05, 0.1) is 19.3 Å². The summed E-state index contributed by atoms with van der Waals surface area (Å²) in [6, 6.07) is 13.3. The van der Waals surface area contributed by atoms with Crippen LogP contribution in [0.3, 0.4) is 0 Å². The van der Waals surface area contributed by atoms with Crippen LogP contribution in [-0.2, 0) is 12.8 Å². The van der Waals surface area contributed by atoms with Crippen LogP contribution in [0.5, 0.6) is 11.5 Å². The Morgan fingerprint density at radius 2 is 1.84 bits per heavy atom. The van der Waals surface area contributed by atoms with Crippen LogP contribution in [0.2, 0.25) is 0 Å². The number of carbonyl (C=O) groups excluding carboxylic acids is 1. The monoisotopic (exact) mass is 340 g/mol. The van der Waals surface area contributed by atoms with Crippen molar-refractivity contribution >= 4 is 11.7 Å². The molecule has 0 heterocycles. The third kappa shape index (κ3) is 4.44. The van der Waals surface area contributed by atoms with Gasteiger partial charge in [0.15, 0.2) is 0 Å². The molecule has 1 aliphatic rings. The van der Waals surface area contributed by atoms with E-state index in [0.717, 1.165) is 18.6 Å². The van der Waals surface area contributed by atoms with E-state index in [1.807, 2.05) is 24.3 Å². The van der Waals surface area contributed by atoms with Crippen LogP contribution >= 0.6 is 0 Å². The predicted molar refractivity (Wildman–Crippen MR) is 98.6 cm³/mol. The maximum absolute atomic E-state index is 12.0. The van der Waals surface area contributed by atoms with Crippen molar-refractivity contribution in [2.45, 2.75) is 25.7 Å². The molecule has 0 aliphatic heterocycles. The minimum absolute atomic E-state index is 0.275. The molecule has 0 atom stereocenters. The van der Waals surface area contributed by atoms with E-state index in [9.17, 15) is 4.79 Å². The molecular weight excluding hydrogens is 316 g/mol. The van der Waals surface area contributed by atoms with Gasteiger partial charge in [-0.2, -0.15) is 0 Å². The lowest BCUT2D eigenvalue weighted by molar-refractivity contribution is 0.247. The first-order valence-electron chi connectivity index (χ1n) is 8.69. The molecule has 0 saturated carbocycles. The standard InChI is InChI=1S/C20H24N2O3/c1-24-19-11-5-4-10-17(19)22-20(23)21-13-14-25-18-12-6-8-15-7-2-3-9-16(15)18/h4-6,8,10-12H,2-3,7,9,13-14H2,1H3,(H2,21,22,23). The normalized spacial score (nSPS) is 12.8. The second-order valence-electron chi connectivity index (χ2n) is 6.03. The molecule has 0 saturated heterocycles. The molecule has 2 aromatic carbocycles. The Morgan fingerprint density at radius 3 is 2.72 bits per heavy atom. The quantitative estimate of drug-likeness (QED) is 0.787. The first-order valence-corrected chi connectivity index (χ1v) is 8.69. The molecule has 0 unspecified atom stereocenters. The van der Waals surface area contributed by atoms with Crippen LogP contribution in [0.4, 0.5) is 10.5 Å². The molecule has 5 heteroatoms. The first-order chi connectivity index (χ1) is 12.3. The average molecular weight is 340 g/mol. The van der Waals surface area contributed by atoms with Gasteiger partial charge in [0.2, 0.25) is 0 Å². The van der Waals surface area contributed by atoms with Crippen molar-refractivity contribution in [3.05, 3.63) is 53.6 Å². The number of amides is 2. The Kier molecular flexibility index (Phi) is 5.77. The molecule has 132 valence electrons. The summed E-state index contributed by atoms with van der Waals surface area (Å²) in [7, 11) is 1.58. The number of methoxy groups -OCH3 is 1. The number of urea groups is 1. The Labute approximate surface area is 148 Å². The molecule has 0 spiro atoms. The van der Waals surface area contributed by atoms with Crippen LogP contribution in [0, 0.1) is 0 Å². The van der Waals surface area contributed by atoms with E-state index < -0.39 is 0 Å². The van der Waals surface area contributed by atoms with E-state index in [1.54, 1.807) is 19.2 Å². The van der Waals surface area contributed by atoms with Crippen molar-refractivity contribution in [3.63, 3.8) is 0 Å². The van der Waals surface area contributed by atoms with Gasteiger partial charge in [-0.15, -0.1) is 0 Å². The topological polar surface area (TPSA) is 59.6 Å². The molecule has 0 radical (unpaired) electrons. The SMILES string of the molecule is COc1ccccc1NC(=O)NCCOc1cccc2c1CCCC2. The second kappa shape index (κ2) is 8.42. The maximum Gasteiger partial charge on any atom is 0.319 e. The zero-order valence-corrected chi connectivity index (χ0v) is 14.5. The van der Waals surface area contributed by atoms with Gasteiger partial charge in [0.25, 0.3) is 0 Å². The minimum atomic E-state index is -0.275. The molecule has 25 heavy (non-hydrogen) atoms. The third-order valence-electron chi connectivity index (χ3n) is 4.35. The fourth-order valence-electron chi connectivity index (χ4n) is 3.12. The van der Waals surface area contributed by atoms with Crippen LogP contribution in [-0.4, -0.2) is 26.3 Å². The summed E-state index contributed by atoms with van der Waals surface area (Å²) in [5.41, 5.74) is 3.36. The van der Waals surface area contributed by atoms with Gasteiger partial charge in [-0.25, -0.2) is 4.79 Å². The number of carbonyl (C=O) groups is 1. The number of anilines is 1. The molecule has 2 N–H and O–H groups in total. The van der Waals surface area contributed by atoms with Crippen LogP contribution in [0.25, 0.3) is 0 Å². The number of rotatable bonds is 6. The molecule has 0 aromatic heterocycles. The average Bonchev–Trinajstić information content (AvgIpc) is 2.66. The van der Waals surface area contributed by atoms with E-state index in [4.69, 9.17) is 9.47 Å². The lowest BCUT2D eigenvalue weighted by Gasteiger charge is -2.19. The molecule has 0 bridgehead atoms. The molecule has 1 aliphatic carbocycles. The fourth-order valence-corrected chi connectivity index (χ4v) is 3.12. The molecule has 2 amide bonds. The number of ether oxygens (including phenoxy) is 2. The lowest BCUT2D eigenvalue weighted by Crippen LogP contribution is -2.32. The summed E-state index contributed by atoms with van der Waals surface area (Å²) in [5, 5.41) is 5.58. The van der Waals surface area contributed by atoms with Gasteiger partial charge in [0.1, 0.15) is 18.1 Å². The van der Waals surface area contributed by atoms with E-state index in [2.05, 4.69) is 16.7 Å².